The second kappa shape index (κ2) is 8.18. The summed E-state index contributed by atoms with van der Waals surface area (Å²) in [6.45, 7) is 9.28. The van der Waals surface area contributed by atoms with Crippen molar-refractivity contribution in [2.75, 3.05) is 5.32 Å². The van der Waals surface area contributed by atoms with Crippen LogP contribution < -0.4 is 10.6 Å². The number of fused-ring (bicyclic) bond motifs is 1. The number of ether oxygens (including phenoxy) is 1. The van der Waals surface area contributed by atoms with E-state index < -0.39 is 40.5 Å². The maximum atomic E-state index is 14.0. The number of amides is 3. The smallest absolute Gasteiger partial charge is 0.246 e. The molecule has 0 unspecified atom stereocenters. The van der Waals surface area contributed by atoms with Crippen LogP contribution in [-0.4, -0.2) is 50.6 Å². The molecular formula is C26H29ClN4O5. The van der Waals surface area contributed by atoms with Gasteiger partial charge < -0.3 is 24.8 Å². The molecule has 2 N–H and O–H groups in total. The van der Waals surface area contributed by atoms with Crippen molar-refractivity contribution in [3.05, 3.63) is 58.8 Å². The molecule has 3 amide bonds. The van der Waals surface area contributed by atoms with Crippen molar-refractivity contribution >= 4 is 35.1 Å². The summed E-state index contributed by atoms with van der Waals surface area (Å²) in [6, 6.07) is 7.73. The van der Waals surface area contributed by atoms with Crippen molar-refractivity contribution in [2.24, 2.45) is 11.8 Å². The van der Waals surface area contributed by atoms with Crippen LogP contribution in [0.15, 0.2) is 47.0 Å². The Morgan fingerprint density at radius 1 is 1.17 bits per heavy atom. The summed E-state index contributed by atoms with van der Waals surface area (Å²) in [7, 11) is 0. The first-order valence-corrected chi connectivity index (χ1v) is 12.2. The lowest BCUT2D eigenvalue weighted by Gasteiger charge is -2.35. The van der Waals surface area contributed by atoms with Crippen molar-refractivity contribution < 1.29 is 23.6 Å². The minimum absolute atomic E-state index is 0.168. The fourth-order valence-corrected chi connectivity index (χ4v) is 5.78. The molecule has 2 aromatic rings. The van der Waals surface area contributed by atoms with E-state index in [0.717, 1.165) is 5.56 Å². The Morgan fingerprint density at radius 2 is 1.86 bits per heavy atom. The molecule has 1 aromatic heterocycles. The SMILES string of the molecule is Cc1cc(NC(=O)[C@@H]2[C@H]3C(=O)N(Cc4ccc(Cl)cc4)[C@H](C(=O)NC(C)(C)C)[C@@]34C=C[C@]2(C)O4)no1. The van der Waals surface area contributed by atoms with Crippen molar-refractivity contribution in [3.63, 3.8) is 0 Å². The van der Waals surface area contributed by atoms with Gasteiger partial charge in [0.05, 0.1) is 17.4 Å². The summed E-state index contributed by atoms with van der Waals surface area (Å²) < 4.78 is 11.6. The molecule has 2 fully saturated rings. The monoisotopic (exact) mass is 512 g/mol. The maximum Gasteiger partial charge on any atom is 0.246 e. The molecule has 9 nitrogen and oxygen atoms in total. The maximum absolute atomic E-state index is 14.0. The fraction of sp³-hybridized carbons (Fsp3) is 0.462. The van der Waals surface area contributed by atoms with Gasteiger partial charge in [-0.05, 0) is 52.3 Å². The average molecular weight is 513 g/mol. The summed E-state index contributed by atoms with van der Waals surface area (Å²) in [6.07, 6.45) is 3.58. The fourth-order valence-electron chi connectivity index (χ4n) is 5.65. The Bertz CT molecular complexity index is 1270. The Balaban J connectivity index is 1.54. The highest BCUT2D eigenvalue weighted by molar-refractivity contribution is 6.30. The molecule has 3 aliphatic heterocycles. The van der Waals surface area contributed by atoms with E-state index in [9.17, 15) is 14.4 Å². The van der Waals surface area contributed by atoms with E-state index in [2.05, 4.69) is 15.8 Å². The van der Waals surface area contributed by atoms with Gasteiger partial charge in [-0.15, -0.1) is 0 Å². The third-order valence-corrected chi connectivity index (χ3v) is 7.22. The molecule has 5 atom stereocenters. The molecule has 1 aromatic carbocycles. The zero-order valence-electron chi connectivity index (χ0n) is 20.8. The van der Waals surface area contributed by atoms with E-state index >= 15 is 0 Å². The molecule has 4 heterocycles. The normalized spacial score (nSPS) is 30.6. The van der Waals surface area contributed by atoms with Gasteiger partial charge in [0.25, 0.3) is 0 Å². The second-order valence-electron chi connectivity index (χ2n) is 11.0. The van der Waals surface area contributed by atoms with Crippen LogP contribution in [0, 0.1) is 18.8 Å². The molecule has 190 valence electrons. The number of rotatable bonds is 5. The number of carbonyl (C=O) groups is 3. The molecule has 3 aliphatic rings. The molecule has 1 spiro atoms. The van der Waals surface area contributed by atoms with Crippen LogP contribution in [0.5, 0.6) is 0 Å². The lowest BCUT2D eigenvalue weighted by atomic mass is 9.70. The van der Waals surface area contributed by atoms with Crippen molar-refractivity contribution in [1.82, 2.24) is 15.4 Å². The standard InChI is InChI=1S/C26H29ClN4O5/c1-14-12-17(30-35-14)28-21(32)18-19-23(34)31(13-15-6-8-16(27)9-7-15)20(22(33)29-24(2,3)4)26(19)11-10-25(18,5)36-26/h6-12,18-20H,13H2,1-5H3,(H,29,33)(H,28,30,32)/t18-,19-,20+,25-,26+/m0/s1. The van der Waals surface area contributed by atoms with Gasteiger partial charge in [0.15, 0.2) is 5.82 Å². The van der Waals surface area contributed by atoms with E-state index in [1.807, 2.05) is 32.9 Å². The van der Waals surface area contributed by atoms with Crippen LogP contribution in [0.4, 0.5) is 5.82 Å². The number of carbonyl (C=O) groups excluding carboxylic acids is 3. The summed E-state index contributed by atoms with van der Waals surface area (Å²) in [4.78, 5) is 42.8. The van der Waals surface area contributed by atoms with Crippen LogP contribution in [0.2, 0.25) is 5.02 Å². The van der Waals surface area contributed by atoms with Gasteiger partial charge in [-0.1, -0.05) is 41.0 Å². The average Bonchev–Trinajstić information content (AvgIpc) is 3.46. The number of nitrogens with zero attached hydrogens (tertiary/aromatic N) is 2. The van der Waals surface area contributed by atoms with Gasteiger partial charge in [-0.2, -0.15) is 0 Å². The number of aromatic nitrogens is 1. The van der Waals surface area contributed by atoms with Gasteiger partial charge in [0, 0.05) is 23.2 Å². The summed E-state index contributed by atoms with van der Waals surface area (Å²) in [5.41, 5.74) is -2.07. The molecule has 10 heteroatoms. The van der Waals surface area contributed by atoms with E-state index in [0.29, 0.717) is 10.8 Å². The van der Waals surface area contributed by atoms with Gasteiger partial charge in [-0.3, -0.25) is 14.4 Å². The molecule has 0 aliphatic carbocycles. The predicted molar refractivity (Wildman–Crippen MR) is 132 cm³/mol. The first kappa shape index (κ1) is 24.5. The Labute approximate surface area is 214 Å². The van der Waals surface area contributed by atoms with E-state index in [-0.39, 0.29) is 24.2 Å². The van der Waals surface area contributed by atoms with Gasteiger partial charge in [0.2, 0.25) is 17.7 Å². The van der Waals surface area contributed by atoms with Gasteiger partial charge in [-0.25, -0.2) is 0 Å². The third kappa shape index (κ3) is 3.90. The van der Waals surface area contributed by atoms with Crippen LogP contribution in [0.3, 0.4) is 0 Å². The highest BCUT2D eigenvalue weighted by Crippen LogP contribution is 2.60. The van der Waals surface area contributed by atoms with Crippen LogP contribution in [0.25, 0.3) is 0 Å². The highest BCUT2D eigenvalue weighted by atomic mass is 35.5. The van der Waals surface area contributed by atoms with E-state index in [1.165, 1.54) is 4.90 Å². The Morgan fingerprint density at radius 3 is 2.47 bits per heavy atom. The largest absolute Gasteiger partial charge is 0.360 e. The quantitative estimate of drug-likeness (QED) is 0.594. The lowest BCUT2D eigenvalue weighted by Crippen LogP contribution is -2.57. The van der Waals surface area contributed by atoms with Crippen molar-refractivity contribution in [1.29, 1.82) is 0 Å². The molecule has 0 saturated carbocycles. The number of anilines is 1. The zero-order valence-corrected chi connectivity index (χ0v) is 21.6. The highest BCUT2D eigenvalue weighted by Gasteiger charge is 2.76. The summed E-state index contributed by atoms with van der Waals surface area (Å²) in [5, 5.41) is 10.2. The third-order valence-electron chi connectivity index (χ3n) is 6.97. The predicted octanol–water partition coefficient (Wildman–Crippen LogP) is 3.23. The number of hydrogen-bond acceptors (Lipinski definition) is 6. The Kier molecular flexibility index (Phi) is 5.57. The van der Waals surface area contributed by atoms with Crippen LogP contribution >= 0.6 is 11.6 Å². The first-order chi connectivity index (χ1) is 16.8. The van der Waals surface area contributed by atoms with Gasteiger partial charge in [0.1, 0.15) is 17.4 Å². The van der Waals surface area contributed by atoms with E-state index in [1.54, 1.807) is 44.2 Å². The zero-order chi connectivity index (χ0) is 26.0. The number of hydrogen-bond donors (Lipinski definition) is 2. The van der Waals surface area contributed by atoms with Crippen LogP contribution in [0.1, 0.15) is 39.0 Å². The van der Waals surface area contributed by atoms with Crippen molar-refractivity contribution in [2.45, 2.75) is 63.9 Å². The topological polar surface area (TPSA) is 114 Å². The van der Waals surface area contributed by atoms with E-state index in [4.69, 9.17) is 20.9 Å². The van der Waals surface area contributed by atoms with Gasteiger partial charge >= 0.3 is 0 Å². The minimum Gasteiger partial charge on any atom is -0.360 e. The second-order valence-corrected chi connectivity index (χ2v) is 11.4. The first-order valence-electron chi connectivity index (χ1n) is 11.8. The molecular weight excluding hydrogens is 484 g/mol. The van der Waals surface area contributed by atoms with Crippen LogP contribution in [-0.2, 0) is 25.7 Å². The Hall–Kier alpha value is -3.17. The summed E-state index contributed by atoms with van der Waals surface area (Å²) >= 11 is 6.04. The number of aryl methyl sites for hydroxylation is 1. The number of halogens is 1. The molecule has 36 heavy (non-hydrogen) atoms. The number of benzene rings is 1. The number of likely N-dealkylation sites (tertiary alicyclic amines) is 1. The number of nitrogens with one attached hydrogen (secondary N) is 2. The molecule has 2 saturated heterocycles. The molecule has 2 bridgehead atoms. The molecule has 5 rings (SSSR count). The lowest BCUT2D eigenvalue weighted by molar-refractivity contribution is -0.145. The molecule has 0 radical (unpaired) electrons. The summed E-state index contributed by atoms with van der Waals surface area (Å²) in [5.74, 6) is -2.03. The van der Waals surface area contributed by atoms with Crippen molar-refractivity contribution in [3.8, 4) is 0 Å². The minimum atomic E-state index is -1.28.